The molecular formula is C34H52N18O2. The number of nitrogens with two attached hydrogens (primary N) is 8. The Morgan fingerprint density at radius 3 is 0.889 bits per heavy atom. The van der Waals surface area contributed by atoms with Crippen molar-refractivity contribution in [2.45, 2.75) is 79.1 Å². The number of rotatable bonds is 19. The van der Waals surface area contributed by atoms with E-state index in [1.165, 1.54) is 0 Å². The van der Waals surface area contributed by atoms with E-state index in [4.69, 9.17) is 45.9 Å². The van der Waals surface area contributed by atoms with E-state index < -0.39 is 0 Å². The third kappa shape index (κ3) is 16.9. The van der Waals surface area contributed by atoms with Crippen LogP contribution in [0.3, 0.4) is 0 Å². The Balaban J connectivity index is 1.91. The van der Waals surface area contributed by atoms with Gasteiger partial charge < -0.3 is 56.5 Å². The lowest BCUT2D eigenvalue weighted by molar-refractivity contribution is -0.117. The van der Waals surface area contributed by atoms with Crippen LogP contribution in [0.25, 0.3) is 0 Å². The quantitative estimate of drug-likeness (QED) is 0.0426. The molecule has 0 fully saturated rings. The highest BCUT2D eigenvalue weighted by molar-refractivity contribution is 6.07. The van der Waals surface area contributed by atoms with Gasteiger partial charge in [0.1, 0.15) is 0 Å². The molecule has 0 saturated heterocycles. The number of benzene rings is 2. The van der Waals surface area contributed by atoms with Crippen LogP contribution in [-0.2, 0) is 9.59 Å². The molecule has 0 atom stereocenters. The van der Waals surface area contributed by atoms with Crippen molar-refractivity contribution in [1.82, 2.24) is 0 Å². The minimum Gasteiger partial charge on any atom is -0.369 e. The summed E-state index contributed by atoms with van der Waals surface area (Å²) < 4.78 is 0. The predicted molar refractivity (Wildman–Crippen MR) is 219 cm³/mol. The SMILES string of the molecule is C/C(=N\N=C(N)N)c1cc(NC(=O)CCCCCCCCC(=O)Nc2cc(/C(C)=N/N=C(N)N)cc(/C(C)=N/N=C(N)N)c2)cc(/C(C)=N/N=C(N)N)c1. The number of guanidine groups is 4. The molecule has 0 saturated carbocycles. The zero-order chi connectivity index (χ0) is 40.2. The minimum atomic E-state index is -0.185. The number of anilines is 2. The largest absolute Gasteiger partial charge is 0.369 e. The Morgan fingerprint density at radius 2 is 0.648 bits per heavy atom. The number of nitrogens with one attached hydrogen (secondary N) is 2. The van der Waals surface area contributed by atoms with Gasteiger partial charge in [0.25, 0.3) is 0 Å². The first-order chi connectivity index (χ1) is 25.5. The molecular weight excluding hydrogens is 692 g/mol. The molecule has 2 aromatic carbocycles. The third-order valence-electron chi connectivity index (χ3n) is 7.42. The van der Waals surface area contributed by atoms with Crippen molar-refractivity contribution >= 4 is 69.9 Å². The fraction of sp³-hybridized carbons (Fsp3) is 0.353. The first kappa shape index (κ1) is 43.3. The van der Waals surface area contributed by atoms with Gasteiger partial charge in [-0.15, -0.1) is 20.4 Å². The van der Waals surface area contributed by atoms with E-state index >= 15 is 0 Å². The molecule has 2 aromatic rings. The zero-order valence-corrected chi connectivity index (χ0v) is 31.1. The van der Waals surface area contributed by atoms with Crippen LogP contribution >= 0.6 is 0 Å². The van der Waals surface area contributed by atoms with Gasteiger partial charge in [-0.1, -0.05) is 25.7 Å². The summed E-state index contributed by atoms with van der Waals surface area (Å²) in [5.74, 6) is -1.03. The molecule has 18 N–H and O–H groups in total. The van der Waals surface area contributed by atoms with Crippen molar-refractivity contribution < 1.29 is 9.59 Å². The molecule has 0 aliphatic rings. The van der Waals surface area contributed by atoms with Gasteiger partial charge in [0, 0.05) is 46.5 Å². The van der Waals surface area contributed by atoms with Gasteiger partial charge in [0.2, 0.25) is 35.7 Å². The van der Waals surface area contributed by atoms with Crippen molar-refractivity contribution in [3.63, 3.8) is 0 Å². The molecule has 0 aromatic heterocycles. The van der Waals surface area contributed by atoms with Gasteiger partial charge in [0.15, 0.2) is 0 Å². The van der Waals surface area contributed by atoms with Crippen molar-refractivity contribution in [1.29, 1.82) is 0 Å². The fourth-order valence-corrected chi connectivity index (χ4v) is 4.72. The molecule has 0 spiro atoms. The summed E-state index contributed by atoms with van der Waals surface area (Å²) in [5.41, 5.74) is 49.0. The first-order valence-corrected chi connectivity index (χ1v) is 17.0. The van der Waals surface area contributed by atoms with Gasteiger partial charge in [-0.3, -0.25) is 9.59 Å². The van der Waals surface area contributed by atoms with Gasteiger partial charge in [-0.25, -0.2) is 0 Å². The van der Waals surface area contributed by atoms with Gasteiger partial charge in [-0.05, 0) is 76.9 Å². The topological polar surface area (TPSA) is 365 Å². The number of carbonyl (C=O) groups is 2. The van der Waals surface area contributed by atoms with Crippen molar-refractivity contribution in [3.05, 3.63) is 58.7 Å². The normalized spacial score (nSPS) is 12.0. The standard InChI is InChI=1S/C34H52N18O2/c1-19(45-49-31(35)36)23-13-24(20(2)46-50-32(37)38)16-27(15-23)43-29(53)11-9-7-5-6-8-10-12-30(54)44-28-17-25(21(3)47-51-33(39)40)14-26(18-28)22(4)48-52-34(41)42/h13-18H,5-12H2,1-4H3,(H,43,53)(H,44,54)(H4,35,36,49)(H4,37,38,50)(H4,39,40,51)(H4,41,42,52)/b45-19+,46-20+,47-21+,48-22+. The maximum atomic E-state index is 12.8. The van der Waals surface area contributed by atoms with Gasteiger partial charge >= 0.3 is 0 Å². The third-order valence-corrected chi connectivity index (χ3v) is 7.42. The maximum Gasteiger partial charge on any atom is 0.224 e. The number of nitrogens with zero attached hydrogens (tertiary/aromatic N) is 8. The average molecular weight is 745 g/mol. The highest BCUT2D eigenvalue weighted by Gasteiger charge is 2.12. The molecule has 2 amide bonds. The summed E-state index contributed by atoms with van der Waals surface area (Å²) in [6, 6.07) is 10.7. The Bertz CT molecular complexity index is 1630. The number of unbranched alkanes of at least 4 members (excludes halogenated alkanes) is 5. The Hall–Kier alpha value is -6.86. The highest BCUT2D eigenvalue weighted by Crippen LogP contribution is 2.20. The Labute approximate surface area is 314 Å². The molecule has 2 rings (SSSR count). The Kier molecular flexibility index (Phi) is 17.8. The van der Waals surface area contributed by atoms with E-state index in [9.17, 15) is 9.59 Å². The molecule has 20 heteroatoms. The second-order valence-corrected chi connectivity index (χ2v) is 12.2. The minimum absolute atomic E-state index is 0.143. The van der Waals surface area contributed by atoms with E-state index in [0.29, 0.717) is 82.2 Å². The average Bonchev–Trinajstić information content (AvgIpc) is 3.11. The summed E-state index contributed by atoms with van der Waals surface area (Å²) in [4.78, 5) is 25.7. The summed E-state index contributed by atoms with van der Waals surface area (Å²) in [6.07, 6.45) is 5.62. The second kappa shape index (κ2) is 22.2. The van der Waals surface area contributed by atoms with Crippen molar-refractivity contribution in [2.24, 2.45) is 86.7 Å². The van der Waals surface area contributed by atoms with E-state index in [2.05, 4.69) is 51.4 Å². The van der Waals surface area contributed by atoms with Crippen LogP contribution in [0.5, 0.6) is 0 Å². The van der Waals surface area contributed by atoms with E-state index in [0.717, 1.165) is 25.7 Å². The number of amides is 2. The monoisotopic (exact) mass is 744 g/mol. The summed E-state index contributed by atoms with van der Waals surface area (Å²) in [6.45, 7) is 6.92. The summed E-state index contributed by atoms with van der Waals surface area (Å²) in [5, 5.41) is 36.8. The molecule has 290 valence electrons. The first-order valence-electron chi connectivity index (χ1n) is 17.0. The lowest BCUT2D eigenvalue weighted by atomic mass is 10.0. The Morgan fingerprint density at radius 1 is 0.407 bits per heavy atom. The number of hydrogen-bond donors (Lipinski definition) is 10. The molecule has 0 aliphatic heterocycles. The van der Waals surface area contributed by atoms with Crippen LogP contribution < -0.4 is 56.5 Å². The van der Waals surface area contributed by atoms with Crippen LogP contribution in [-0.4, -0.2) is 58.5 Å². The van der Waals surface area contributed by atoms with E-state index in [1.54, 1.807) is 64.1 Å². The van der Waals surface area contributed by atoms with Gasteiger partial charge in [-0.2, -0.15) is 20.4 Å². The lowest BCUT2D eigenvalue weighted by Crippen LogP contribution is -2.22. The number of carbonyl (C=O) groups excluding carboxylic acids is 2. The predicted octanol–water partition coefficient (Wildman–Crippen LogP) is 1.37. The highest BCUT2D eigenvalue weighted by atomic mass is 16.2. The van der Waals surface area contributed by atoms with Crippen LogP contribution in [0.4, 0.5) is 11.4 Å². The lowest BCUT2D eigenvalue weighted by Gasteiger charge is -2.11. The molecule has 0 aliphatic carbocycles. The van der Waals surface area contributed by atoms with Crippen LogP contribution in [0.2, 0.25) is 0 Å². The summed E-state index contributed by atoms with van der Waals surface area (Å²) >= 11 is 0. The van der Waals surface area contributed by atoms with E-state index in [-0.39, 0.29) is 35.7 Å². The molecule has 0 radical (unpaired) electrons. The zero-order valence-electron chi connectivity index (χ0n) is 31.1. The number of hydrogen-bond acceptors (Lipinski definition) is 10. The van der Waals surface area contributed by atoms with Crippen LogP contribution in [0.1, 0.15) is 101 Å². The molecule has 0 unspecified atom stereocenters. The van der Waals surface area contributed by atoms with Gasteiger partial charge in [0.05, 0.1) is 22.8 Å². The fourth-order valence-electron chi connectivity index (χ4n) is 4.72. The molecule has 20 nitrogen and oxygen atoms in total. The second-order valence-electron chi connectivity index (χ2n) is 12.2. The van der Waals surface area contributed by atoms with Crippen LogP contribution in [0.15, 0.2) is 77.2 Å². The van der Waals surface area contributed by atoms with E-state index in [1.807, 2.05) is 0 Å². The van der Waals surface area contributed by atoms with Crippen LogP contribution in [0, 0.1) is 0 Å². The molecule has 54 heavy (non-hydrogen) atoms. The summed E-state index contributed by atoms with van der Waals surface area (Å²) in [7, 11) is 0. The smallest absolute Gasteiger partial charge is 0.224 e. The molecule has 0 heterocycles. The van der Waals surface area contributed by atoms with Crippen molar-refractivity contribution in [3.8, 4) is 0 Å². The van der Waals surface area contributed by atoms with Crippen molar-refractivity contribution in [2.75, 3.05) is 10.6 Å². The molecule has 0 bridgehead atoms. The maximum absolute atomic E-state index is 12.8.